The van der Waals surface area contributed by atoms with E-state index in [9.17, 15) is 0 Å². The zero-order chi connectivity index (χ0) is 13.2. The molecule has 0 bridgehead atoms. The summed E-state index contributed by atoms with van der Waals surface area (Å²) in [6, 6.07) is -0.0121. The second kappa shape index (κ2) is 5.36. The maximum absolute atomic E-state index is 6.40. The Kier molecular flexibility index (Phi) is 4.02. The van der Waals surface area contributed by atoms with Crippen LogP contribution in [-0.4, -0.2) is 33.7 Å². The Morgan fingerprint density at radius 3 is 3.00 bits per heavy atom. The summed E-state index contributed by atoms with van der Waals surface area (Å²) in [6.07, 6.45) is 7.23. The van der Waals surface area contributed by atoms with Crippen molar-refractivity contribution in [1.29, 1.82) is 0 Å². The molecule has 3 atom stereocenters. The molecule has 1 fully saturated rings. The van der Waals surface area contributed by atoms with Crippen LogP contribution in [0.25, 0.3) is 0 Å². The molecule has 18 heavy (non-hydrogen) atoms. The van der Waals surface area contributed by atoms with Crippen molar-refractivity contribution in [3.8, 4) is 0 Å². The van der Waals surface area contributed by atoms with Gasteiger partial charge in [0.25, 0.3) is 0 Å². The summed E-state index contributed by atoms with van der Waals surface area (Å²) in [5, 5.41) is 8.06. The van der Waals surface area contributed by atoms with Crippen LogP contribution < -0.4 is 5.73 Å². The molecule has 0 aliphatic heterocycles. The minimum atomic E-state index is -0.185. The van der Waals surface area contributed by atoms with Crippen molar-refractivity contribution in [3.05, 3.63) is 11.9 Å². The molecule has 1 saturated carbocycles. The second-order valence-corrected chi connectivity index (χ2v) is 5.66. The van der Waals surface area contributed by atoms with Gasteiger partial charge in [0.15, 0.2) is 0 Å². The van der Waals surface area contributed by atoms with Gasteiger partial charge in [0, 0.05) is 32.8 Å². The molecule has 1 heterocycles. The summed E-state index contributed by atoms with van der Waals surface area (Å²) in [6.45, 7) is 2.28. The molecule has 5 nitrogen and oxygen atoms in total. The fraction of sp³-hybridized carbons (Fsp3) is 0.846. The number of nitrogens with zero attached hydrogens (tertiary/aromatic N) is 3. The monoisotopic (exact) mass is 252 g/mol. The van der Waals surface area contributed by atoms with Gasteiger partial charge in [-0.1, -0.05) is 25.0 Å². The van der Waals surface area contributed by atoms with Gasteiger partial charge >= 0.3 is 0 Å². The van der Waals surface area contributed by atoms with E-state index in [2.05, 4.69) is 17.2 Å². The summed E-state index contributed by atoms with van der Waals surface area (Å²) in [5.74, 6) is 0.687. The number of aromatic nitrogens is 3. The number of aryl methyl sites for hydroxylation is 1. The normalized spacial score (nSPS) is 30.3. The number of nitrogens with two attached hydrogens (primary N) is 1. The Hall–Kier alpha value is -0.940. The molecule has 0 amide bonds. The Bertz CT molecular complexity index is 392. The van der Waals surface area contributed by atoms with Crippen molar-refractivity contribution in [3.63, 3.8) is 0 Å². The maximum Gasteiger partial charge on any atom is 0.0843 e. The third kappa shape index (κ3) is 2.72. The van der Waals surface area contributed by atoms with E-state index < -0.39 is 0 Å². The Labute approximate surface area is 109 Å². The Balaban J connectivity index is 2.07. The molecule has 2 N–H and O–H groups in total. The molecule has 5 heteroatoms. The third-order valence-corrected chi connectivity index (χ3v) is 4.15. The number of methoxy groups -OCH3 is 1. The number of ether oxygens (including phenoxy) is 1. The molecule has 0 radical (unpaired) electrons. The van der Waals surface area contributed by atoms with E-state index in [-0.39, 0.29) is 11.6 Å². The van der Waals surface area contributed by atoms with Crippen molar-refractivity contribution in [2.24, 2.45) is 18.7 Å². The third-order valence-electron chi connectivity index (χ3n) is 4.15. The topological polar surface area (TPSA) is 66.0 Å². The lowest BCUT2D eigenvalue weighted by atomic mass is 9.74. The Morgan fingerprint density at radius 1 is 1.67 bits per heavy atom. The lowest BCUT2D eigenvalue weighted by molar-refractivity contribution is -0.0707. The fourth-order valence-corrected chi connectivity index (χ4v) is 3.12. The summed E-state index contributed by atoms with van der Waals surface area (Å²) >= 11 is 0. The summed E-state index contributed by atoms with van der Waals surface area (Å²) in [5.41, 5.74) is 7.15. The standard InChI is InChI=1S/C13H24N4O/c1-10-5-4-6-13(8-10,18-3)12(14)7-11-9-17(2)16-15-11/h9-10,12H,4-8,14H2,1-3H3. The minimum Gasteiger partial charge on any atom is -0.377 e. The van der Waals surface area contributed by atoms with E-state index in [1.54, 1.807) is 11.8 Å². The van der Waals surface area contributed by atoms with Crippen LogP contribution in [-0.2, 0) is 18.2 Å². The smallest absolute Gasteiger partial charge is 0.0843 e. The van der Waals surface area contributed by atoms with Crippen molar-refractivity contribution >= 4 is 0 Å². The van der Waals surface area contributed by atoms with E-state index in [4.69, 9.17) is 10.5 Å². The van der Waals surface area contributed by atoms with Gasteiger partial charge in [0.1, 0.15) is 0 Å². The van der Waals surface area contributed by atoms with Crippen LogP contribution in [0.2, 0.25) is 0 Å². The molecular weight excluding hydrogens is 228 g/mol. The maximum atomic E-state index is 6.40. The first-order valence-electron chi connectivity index (χ1n) is 6.71. The number of hydrogen-bond donors (Lipinski definition) is 1. The van der Waals surface area contributed by atoms with Crippen molar-refractivity contribution in [2.45, 2.75) is 50.7 Å². The number of hydrogen-bond acceptors (Lipinski definition) is 4. The largest absolute Gasteiger partial charge is 0.377 e. The van der Waals surface area contributed by atoms with Crippen LogP contribution in [0.3, 0.4) is 0 Å². The van der Waals surface area contributed by atoms with Crippen LogP contribution in [0.4, 0.5) is 0 Å². The molecule has 0 saturated heterocycles. The molecule has 0 spiro atoms. The van der Waals surface area contributed by atoms with E-state index >= 15 is 0 Å². The molecule has 102 valence electrons. The van der Waals surface area contributed by atoms with Gasteiger partial charge in [-0.25, -0.2) is 0 Å². The van der Waals surface area contributed by atoms with Gasteiger partial charge in [-0.15, -0.1) is 5.10 Å². The first kappa shape index (κ1) is 13.5. The fourth-order valence-electron chi connectivity index (χ4n) is 3.12. The molecule has 2 rings (SSSR count). The van der Waals surface area contributed by atoms with Crippen molar-refractivity contribution in [1.82, 2.24) is 15.0 Å². The molecule has 0 aromatic carbocycles. The predicted molar refractivity (Wildman–Crippen MR) is 70.1 cm³/mol. The molecule has 1 aliphatic rings. The Morgan fingerprint density at radius 2 is 2.44 bits per heavy atom. The highest BCUT2D eigenvalue weighted by atomic mass is 16.5. The minimum absolute atomic E-state index is 0.0121. The van der Waals surface area contributed by atoms with Gasteiger partial charge in [-0.05, 0) is 18.8 Å². The number of rotatable bonds is 4. The average molecular weight is 252 g/mol. The molecule has 1 aliphatic carbocycles. The highest BCUT2D eigenvalue weighted by molar-refractivity contribution is 5.03. The van der Waals surface area contributed by atoms with Gasteiger partial charge in [0.2, 0.25) is 0 Å². The van der Waals surface area contributed by atoms with Crippen LogP contribution in [0.15, 0.2) is 6.20 Å². The first-order valence-corrected chi connectivity index (χ1v) is 6.71. The van der Waals surface area contributed by atoms with Crippen LogP contribution in [0, 0.1) is 5.92 Å². The van der Waals surface area contributed by atoms with Crippen molar-refractivity contribution in [2.75, 3.05) is 7.11 Å². The molecular formula is C13H24N4O. The summed E-state index contributed by atoms with van der Waals surface area (Å²) in [4.78, 5) is 0. The second-order valence-electron chi connectivity index (χ2n) is 5.66. The van der Waals surface area contributed by atoms with Gasteiger partial charge in [-0.2, -0.15) is 0 Å². The van der Waals surface area contributed by atoms with Gasteiger partial charge in [-0.3, -0.25) is 4.68 Å². The average Bonchev–Trinajstić information content (AvgIpc) is 2.74. The molecule has 3 unspecified atom stereocenters. The highest BCUT2D eigenvalue weighted by Crippen LogP contribution is 2.37. The van der Waals surface area contributed by atoms with E-state index in [1.165, 1.54) is 12.8 Å². The van der Waals surface area contributed by atoms with E-state index in [1.807, 2.05) is 13.2 Å². The van der Waals surface area contributed by atoms with E-state index in [0.717, 1.165) is 25.0 Å². The lowest BCUT2D eigenvalue weighted by Gasteiger charge is -2.43. The van der Waals surface area contributed by atoms with Crippen LogP contribution in [0.1, 0.15) is 38.3 Å². The van der Waals surface area contributed by atoms with Crippen LogP contribution >= 0.6 is 0 Å². The van der Waals surface area contributed by atoms with Gasteiger partial charge in [0.05, 0.1) is 11.3 Å². The van der Waals surface area contributed by atoms with Crippen LogP contribution in [0.5, 0.6) is 0 Å². The zero-order valence-electron chi connectivity index (χ0n) is 11.6. The quantitative estimate of drug-likeness (QED) is 0.876. The van der Waals surface area contributed by atoms with Gasteiger partial charge < -0.3 is 10.5 Å². The zero-order valence-corrected chi connectivity index (χ0v) is 11.6. The predicted octanol–water partition coefficient (Wildman–Crippen LogP) is 1.28. The molecule has 1 aromatic heterocycles. The van der Waals surface area contributed by atoms with Crippen molar-refractivity contribution < 1.29 is 4.74 Å². The van der Waals surface area contributed by atoms with E-state index in [0.29, 0.717) is 5.92 Å². The summed E-state index contributed by atoms with van der Waals surface area (Å²) in [7, 11) is 3.66. The first-order chi connectivity index (χ1) is 8.55. The SMILES string of the molecule is COC1(C(N)Cc2cn(C)nn2)CCCC(C)C1. The summed E-state index contributed by atoms with van der Waals surface area (Å²) < 4.78 is 7.52. The molecule has 1 aromatic rings. The lowest BCUT2D eigenvalue weighted by Crippen LogP contribution is -2.53. The highest BCUT2D eigenvalue weighted by Gasteiger charge is 2.40.